The Morgan fingerprint density at radius 3 is 2.13 bits per heavy atom. The number of hydroxylamine groups is 3. The zero-order valence-corrected chi connectivity index (χ0v) is 33.5. The predicted molar refractivity (Wildman–Crippen MR) is 214 cm³/mol. The Labute approximate surface area is 331 Å². The number of ether oxygens (including phenoxy) is 2. The summed E-state index contributed by atoms with van der Waals surface area (Å²) < 4.78 is 10.5. The molecule has 1 aliphatic rings. The largest absolute Gasteiger partial charge is 0.633 e. The maximum Gasteiger partial charge on any atom is 0.407 e. The average Bonchev–Trinajstić information content (AvgIpc) is 3.89. The van der Waals surface area contributed by atoms with Crippen LogP contribution in [0, 0.1) is 5.21 Å². The van der Waals surface area contributed by atoms with E-state index in [-0.39, 0.29) is 50.0 Å². The van der Waals surface area contributed by atoms with Crippen molar-refractivity contribution in [3.05, 3.63) is 110 Å². The molecule has 3 N–H and O–H groups in total. The van der Waals surface area contributed by atoms with Gasteiger partial charge in [-0.15, -0.1) is 22.7 Å². The molecule has 1 fully saturated rings. The molecule has 0 spiro atoms. The molecule has 0 radical (unpaired) electrons. The van der Waals surface area contributed by atoms with Crippen LogP contribution >= 0.6 is 22.7 Å². The van der Waals surface area contributed by atoms with Crippen molar-refractivity contribution in [1.29, 1.82) is 0 Å². The van der Waals surface area contributed by atoms with Crippen molar-refractivity contribution in [1.82, 2.24) is 30.8 Å². The maximum absolute atomic E-state index is 14.2. The molecular formula is C40H53N7O6S2. The lowest BCUT2D eigenvalue weighted by Gasteiger charge is -2.45. The van der Waals surface area contributed by atoms with Gasteiger partial charge in [0, 0.05) is 43.0 Å². The van der Waals surface area contributed by atoms with Crippen LogP contribution in [0.1, 0.15) is 65.7 Å². The Morgan fingerprint density at radius 2 is 1.55 bits per heavy atom. The number of quaternary nitrogens is 1. The highest BCUT2D eigenvalue weighted by Gasteiger charge is 2.30. The van der Waals surface area contributed by atoms with E-state index in [1.54, 1.807) is 30.1 Å². The van der Waals surface area contributed by atoms with Gasteiger partial charge in [0.2, 0.25) is 5.91 Å². The van der Waals surface area contributed by atoms with Gasteiger partial charge in [-0.3, -0.25) is 9.78 Å². The van der Waals surface area contributed by atoms with Gasteiger partial charge < -0.3 is 40.2 Å². The second-order valence-corrected chi connectivity index (χ2v) is 16.2. The lowest BCUT2D eigenvalue weighted by molar-refractivity contribution is -0.888. The second kappa shape index (κ2) is 21.0. The fraction of sp³-hybridized carbons (Fsp3) is 0.475. The van der Waals surface area contributed by atoms with Crippen molar-refractivity contribution in [2.45, 2.75) is 83.1 Å². The third kappa shape index (κ3) is 14.0. The highest BCUT2D eigenvalue weighted by molar-refractivity contribution is 7.09. The summed E-state index contributed by atoms with van der Waals surface area (Å²) in [6.45, 7) is 6.02. The van der Waals surface area contributed by atoms with Crippen LogP contribution in [0.5, 0.6) is 0 Å². The normalized spacial score (nSPS) is 15.4. The van der Waals surface area contributed by atoms with Crippen molar-refractivity contribution >= 4 is 40.7 Å². The highest BCUT2D eigenvalue weighted by Crippen LogP contribution is 2.20. The van der Waals surface area contributed by atoms with E-state index in [2.05, 4.69) is 39.8 Å². The third-order valence-corrected chi connectivity index (χ3v) is 11.5. The molecule has 1 saturated heterocycles. The van der Waals surface area contributed by atoms with Crippen molar-refractivity contribution in [3.8, 4) is 0 Å². The molecule has 3 heterocycles. The Bertz CT molecular complexity index is 1750. The van der Waals surface area contributed by atoms with Gasteiger partial charge in [0.1, 0.15) is 25.7 Å². The first kappa shape index (κ1) is 41.7. The third-order valence-electron chi connectivity index (χ3n) is 9.55. The number of alkyl carbamates (subject to hydrolysis) is 1. The number of amides is 4. The van der Waals surface area contributed by atoms with Crippen LogP contribution in [0.25, 0.3) is 0 Å². The fourth-order valence-electron chi connectivity index (χ4n) is 6.38. The number of nitrogens with zero attached hydrogens (tertiary/aromatic N) is 4. The van der Waals surface area contributed by atoms with E-state index in [0.717, 1.165) is 26.7 Å². The summed E-state index contributed by atoms with van der Waals surface area (Å²) in [5.74, 6) is -0.0836. The fourth-order valence-corrected chi connectivity index (χ4v) is 7.71. The van der Waals surface area contributed by atoms with Crippen LogP contribution in [0.15, 0.2) is 77.8 Å². The van der Waals surface area contributed by atoms with E-state index in [0.29, 0.717) is 52.0 Å². The molecular weight excluding hydrogens is 739 g/mol. The molecule has 3 atom stereocenters. The lowest BCUT2D eigenvalue weighted by Crippen LogP contribution is -2.56. The topological polar surface area (TPSA) is 158 Å². The summed E-state index contributed by atoms with van der Waals surface area (Å²) in [6.07, 6.45) is 3.46. The molecule has 0 bridgehead atoms. The van der Waals surface area contributed by atoms with Gasteiger partial charge in [-0.1, -0.05) is 74.5 Å². The highest BCUT2D eigenvalue weighted by atomic mass is 32.1. The minimum atomic E-state index is -0.957. The molecule has 4 amide bonds. The molecule has 55 heavy (non-hydrogen) atoms. The van der Waals surface area contributed by atoms with Crippen LogP contribution < -0.4 is 16.0 Å². The first-order chi connectivity index (χ1) is 26.5. The molecule has 5 rings (SSSR count). The van der Waals surface area contributed by atoms with Gasteiger partial charge in [0.15, 0.2) is 0 Å². The Hall–Kier alpha value is -4.41. The lowest BCUT2D eigenvalue weighted by atomic mass is 9.95. The molecule has 2 aromatic carbocycles. The SMILES string of the molecule is CC(C)c1nc(CN(C)C(=O)NC(CC[N+]2([O-])CCOCC2)C(=O)NC(CCC(Cc2ccccc2)NC(=O)OCc2cncs2)Cc2ccccc2)cs1. The first-order valence-corrected chi connectivity index (χ1v) is 20.6. The number of hydrogen-bond acceptors (Lipinski definition) is 10. The second-order valence-electron chi connectivity index (χ2n) is 14.4. The number of aromatic nitrogens is 2. The summed E-state index contributed by atoms with van der Waals surface area (Å²) in [5.41, 5.74) is 4.56. The van der Waals surface area contributed by atoms with Crippen LogP contribution in [0.2, 0.25) is 0 Å². The maximum atomic E-state index is 14.2. The van der Waals surface area contributed by atoms with Crippen LogP contribution in [-0.2, 0) is 40.3 Å². The smallest absolute Gasteiger partial charge is 0.407 e. The molecule has 13 nitrogen and oxygen atoms in total. The number of carbonyl (C=O) groups is 3. The molecule has 4 aromatic rings. The van der Waals surface area contributed by atoms with Crippen molar-refractivity contribution in [2.24, 2.45) is 0 Å². The monoisotopic (exact) mass is 791 g/mol. The van der Waals surface area contributed by atoms with E-state index < -0.39 is 22.8 Å². The van der Waals surface area contributed by atoms with Gasteiger partial charge >= 0.3 is 12.1 Å². The van der Waals surface area contributed by atoms with E-state index >= 15 is 0 Å². The minimum absolute atomic E-state index is 0.128. The van der Waals surface area contributed by atoms with Crippen molar-refractivity contribution < 1.29 is 28.5 Å². The molecule has 0 saturated carbocycles. The first-order valence-electron chi connectivity index (χ1n) is 18.8. The quantitative estimate of drug-likeness (QED) is 0.0770. The summed E-state index contributed by atoms with van der Waals surface area (Å²) in [5, 5.41) is 25.7. The molecule has 0 aliphatic carbocycles. The van der Waals surface area contributed by atoms with Crippen LogP contribution in [-0.4, -0.2) is 95.6 Å². The van der Waals surface area contributed by atoms with E-state index in [1.807, 2.05) is 66.0 Å². The summed E-state index contributed by atoms with van der Waals surface area (Å²) in [7, 11) is 1.67. The number of benzene rings is 2. The van der Waals surface area contributed by atoms with Gasteiger partial charge in [0.25, 0.3) is 0 Å². The predicted octanol–water partition coefficient (Wildman–Crippen LogP) is 6.01. The molecule has 2 aromatic heterocycles. The zero-order chi connectivity index (χ0) is 39.0. The van der Waals surface area contributed by atoms with Gasteiger partial charge in [-0.25, -0.2) is 14.6 Å². The molecule has 15 heteroatoms. The standard InChI is InChI=1S/C40H53N7O6S2/c1-29(2)38-43-34(27-54-38)25-46(3)39(49)45-36(16-17-47(51)18-20-52-21-19-47)37(48)42-32(22-30-10-6-4-7-11-30)14-15-33(23-31-12-8-5-9-13-31)44-40(50)53-26-35-24-41-28-55-35/h4-13,24,27-29,32-33,36H,14-23,25-26H2,1-3H3,(H,42,48)(H,44,50)(H,45,49). The summed E-state index contributed by atoms with van der Waals surface area (Å²) in [6, 6.07) is 17.8. The van der Waals surface area contributed by atoms with E-state index in [1.165, 1.54) is 16.2 Å². The van der Waals surface area contributed by atoms with Gasteiger partial charge in [0.05, 0.1) is 47.4 Å². The van der Waals surface area contributed by atoms with E-state index in [9.17, 15) is 19.6 Å². The number of morpholine rings is 1. The molecule has 1 aliphatic heterocycles. The Kier molecular flexibility index (Phi) is 16.0. The molecule has 3 unspecified atom stereocenters. The Balaban J connectivity index is 1.29. The van der Waals surface area contributed by atoms with Gasteiger partial charge in [-0.2, -0.15) is 0 Å². The number of thiazole rings is 2. The summed E-state index contributed by atoms with van der Waals surface area (Å²) >= 11 is 2.98. The number of nitrogens with one attached hydrogen (secondary N) is 3. The number of hydrogen-bond donors (Lipinski definition) is 3. The number of carbonyl (C=O) groups excluding carboxylic acids is 3. The Morgan fingerprint density at radius 1 is 0.909 bits per heavy atom. The average molecular weight is 792 g/mol. The molecule has 296 valence electrons. The van der Waals surface area contributed by atoms with Gasteiger partial charge in [-0.05, 0) is 36.8 Å². The van der Waals surface area contributed by atoms with Crippen molar-refractivity contribution in [3.63, 3.8) is 0 Å². The zero-order valence-electron chi connectivity index (χ0n) is 31.9. The van der Waals surface area contributed by atoms with E-state index in [4.69, 9.17) is 9.47 Å². The summed E-state index contributed by atoms with van der Waals surface area (Å²) in [4.78, 5) is 51.9. The van der Waals surface area contributed by atoms with Crippen LogP contribution in [0.3, 0.4) is 0 Å². The minimum Gasteiger partial charge on any atom is -0.633 e. The van der Waals surface area contributed by atoms with Crippen LogP contribution in [0.4, 0.5) is 9.59 Å². The number of rotatable bonds is 19. The number of urea groups is 1. The van der Waals surface area contributed by atoms with Crippen molar-refractivity contribution in [2.75, 3.05) is 39.9 Å².